The fraction of sp³-hybridized carbons (Fsp3) is 0.429. The first-order chi connectivity index (χ1) is 17.0. The highest BCUT2D eigenvalue weighted by Gasteiger charge is 2.27. The molecule has 0 saturated heterocycles. The van der Waals surface area contributed by atoms with Crippen LogP contribution in [0.3, 0.4) is 0 Å². The van der Waals surface area contributed by atoms with Crippen LogP contribution in [0.4, 0.5) is 11.5 Å². The van der Waals surface area contributed by atoms with Crippen LogP contribution < -0.4 is 16.0 Å². The molecule has 1 fully saturated rings. The highest BCUT2D eigenvalue weighted by Crippen LogP contribution is 2.27. The average Bonchev–Trinajstić information content (AvgIpc) is 2.86. The molecule has 1 aliphatic carbocycles. The predicted molar refractivity (Wildman–Crippen MR) is 158 cm³/mol. The third kappa shape index (κ3) is 8.30. The van der Waals surface area contributed by atoms with E-state index in [-0.39, 0.29) is 48.6 Å². The molecular weight excluding hydrogens is 507 g/mol. The first-order valence-corrected chi connectivity index (χ1v) is 12.7. The van der Waals surface area contributed by atoms with Crippen molar-refractivity contribution in [3.05, 3.63) is 59.9 Å². The molecule has 1 aliphatic rings. The van der Waals surface area contributed by atoms with E-state index >= 15 is 0 Å². The Morgan fingerprint density at radius 2 is 1.76 bits per heavy atom. The zero-order valence-electron chi connectivity index (χ0n) is 21.8. The van der Waals surface area contributed by atoms with Gasteiger partial charge in [0.25, 0.3) is 5.91 Å². The van der Waals surface area contributed by atoms with E-state index in [9.17, 15) is 4.79 Å². The lowest BCUT2D eigenvalue weighted by atomic mass is 9.90. The average molecular weight is 546 g/mol. The molecule has 1 aromatic heterocycles. The van der Waals surface area contributed by atoms with E-state index in [4.69, 9.17) is 9.98 Å². The summed E-state index contributed by atoms with van der Waals surface area (Å²) in [5.41, 5.74) is 2.85. The number of hydrogen-bond acceptors (Lipinski definition) is 5. The normalized spacial score (nSPS) is 17.3. The van der Waals surface area contributed by atoms with E-state index in [1.54, 1.807) is 0 Å². The minimum Gasteiger partial charge on any atom is -0.369 e. The van der Waals surface area contributed by atoms with Crippen LogP contribution >= 0.6 is 24.8 Å². The van der Waals surface area contributed by atoms with Gasteiger partial charge in [0, 0.05) is 24.0 Å². The van der Waals surface area contributed by atoms with Crippen LogP contribution in [-0.2, 0) is 0 Å². The van der Waals surface area contributed by atoms with Crippen molar-refractivity contribution in [1.29, 1.82) is 0 Å². The van der Waals surface area contributed by atoms with Crippen LogP contribution in [-0.4, -0.2) is 40.3 Å². The number of rotatable bonds is 8. The van der Waals surface area contributed by atoms with Crippen LogP contribution in [0.25, 0.3) is 10.9 Å². The number of aromatic nitrogens is 2. The van der Waals surface area contributed by atoms with E-state index in [2.05, 4.69) is 40.8 Å². The van der Waals surface area contributed by atoms with Gasteiger partial charge >= 0.3 is 0 Å². The summed E-state index contributed by atoms with van der Waals surface area (Å²) in [5.74, 6) is 1.60. The fourth-order valence-corrected chi connectivity index (χ4v) is 4.56. The standard InChI is InChI=1S/C28H36N6O.2ClH/c1-4-5-17-29-28(35)27-32-23-16-15-19(2)18-22(23)26(34-27)33-25-14-10-9-13-24(25)31-20(3)30-21-11-7-6-8-12-21;;/h6-8,11-12,15-16,18,24-25H,4-5,9-10,13-14,17H2,1-3H3,(H,29,35)(H,30,31)(H,32,33,34);2*1H/t24-,25+;;/m1../s1. The Kier molecular flexibility index (Phi) is 12.1. The Morgan fingerprint density at radius 3 is 2.49 bits per heavy atom. The highest BCUT2D eigenvalue weighted by atomic mass is 35.5. The van der Waals surface area contributed by atoms with Crippen molar-refractivity contribution in [1.82, 2.24) is 20.6 Å². The maximum atomic E-state index is 12.8. The van der Waals surface area contributed by atoms with Gasteiger partial charge in [0.05, 0.1) is 17.0 Å². The number of nitrogens with one attached hydrogen (secondary N) is 3. The second kappa shape index (κ2) is 14.7. The van der Waals surface area contributed by atoms with E-state index in [1.807, 2.05) is 49.4 Å². The molecule has 9 heteroatoms. The SMILES string of the molecule is CCCCNC(=O)c1nc(N[C@H]2CCCC[C@H]2N/C(C)=N/c2ccccc2)c2cc(C)ccc2n1.Cl.Cl. The van der Waals surface area contributed by atoms with E-state index < -0.39 is 0 Å². The van der Waals surface area contributed by atoms with E-state index in [0.29, 0.717) is 6.54 Å². The number of hydrogen-bond donors (Lipinski definition) is 3. The number of aryl methyl sites for hydroxylation is 1. The molecular formula is C28H38Cl2N6O. The third-order valence-electron chi connectivity index (χ3n) is 6.41. The molecule has 0 radical (unpaired) electrons. The quantitative estimate of drug-likeness (QED) is 0.174. The second-order valence-corrected chi connectivity index (χ2v) is 9.34. The molecule has 4 rings (SSSR count). The minimum absolute atomic E-state index is 0. The third-order valence-corrected chi connectivity index (χ3v) is 6.41. The largest absolute Gasteiger partial charge is 0.369 e. The van der Waals surface area contributed by atoms with Gasteiger partial charge in [-0.1, -0.05) is 56.0 Å². The number of amides is 1. The Bertz CT molecular complexity index is 1190. The molecule has 0 bridgehead atoms. The number of halogens is 2. The molecule has 0 aliphatic heterocycles. The van der Waals surface area contributed by atoms with Crippen molar-refractivity contribution in [2.24, 2.45) is 4.99 Å². The summed E-state index contributed by atoms with van der Waals surface area (Å²) in [4.78, 5) is 26.8. The van der Waals surface area contributed by atoms with Crippen molar-refractivity contribution in [3.63, 3.8) is 0 Å². The van der Waals surface area contributed by atoms with Gasteiger partial charge in [-0.15, -0.1) is 24.8 Å². The number of amidine groups is 1. The summed E-state index contributed by atoms with van der Waals surface area (Å²) >= 11 is 0. The number of benzene rings is 2. The molecule has 200 valence electrons. The number of aliphatic imine (C=N–C) groups is 1. The number of unbranched alkanes of at least 4 members (excludes halogenated alkanes) is 1. The fourth-order valence-electron chi connectivity index (χ4n) is 4.56. The molecule has 3 N–H and O–H groups in total. The Morgan fingerprint density at radius 1 is 1.03 bits per heavy atom. The van der Waals surface area contributed by atoms with Crippen molar-refractivity contribution in [2.75, 3.05) is 11.9 Å². The zero-order valence-corrected chi connectivity index (χ0v) is 23.4. The van der Waals surface area contributed by atoms with Gasteiger partial charge in [-0.2, -0.15) is 0 Å². The lowest BCUT2D eigenvalue weighted by molar-refractivity contribution is 0.0943. The van der Waals surface area contributed by atoms with E-state index in [1.165, 1.54) is 6.42 Å². The molecule has 1 heterocycles. The monoisotopic (exact) mass is 544 g/mol. The molecule has 0 spiro atoms. The molecule has 3 aromatic rings. The van der Waals surface area contributed by atoms with Gasteiger partial charge in [-0.25, -0.2) is 15.0 Å². The van der Waals surface area contributed by atoms with E-state index in [0.717, 1.165) is 65.9 Å². The van der Waals surface area contributed by atoms with Crippen LogP contribution in [0.2, 0.25) is 0 Å². The maximum absolute atomic E-state index is 12.8. The summed E-state index contributed by atoms with van der Waals surface area (Å²) in [5, 5.41) is 11.2. The Balaban J connectivity index is 0.00000241. The van der Waals surface area contributed by atoms with Crippen LogP contribution in [0.1, 0.15) is 68.6 Å². The number of nitrogens with zero attached hydrogens (tertiary/aromatic N) is 3. The number of carbonyl (C=O) groups excluding carboxylic acids is 1. The summed E-state index contributed by atoms with van der Waals surface area (Å²) < 4.78 is 0. The number of carbonyl (C=O) groups is 1. The van der Waals surface area contributed by atoms with Gasteiger partial charge in [0.15, 0.2) is 0 Å². The highest BCUT2D eigenvalue weighted by molar-refractivity contribution is 5.96. The van der Waals surface area contributed by atoms with Gasteiger partial charge in [0.1, 0.15) is 5.82 Å². The van der Waals surface area contributed by atoms with Crippen molar-refractivity contribution in [2.45, 2.75) is 71.4 Å². The topological polar surface area (TPSA) is 91.3 Å². The summed E-state index contributed by atoms with van der Waals surface area (Å²) in [7, 11) is 0. The van der Waals surface area contributed by atoms with Gasteiger partial charge < -0.3 is 16.0 Å². The van der Waals surface area contributed by atoms with Crippen molar-refractivity contribution < 1.29 is 4.79 Å². The van der Waals surface area contributed by atoms with Gasteiger partial charge in [0.2, 0.25) is 5.82 Å². The first-order valence-electron chi connectivity index (χ1n) is 12.7. The predicted octanol–water partition coefficient (Wildman–Crippen LogP) is 6.37. The minimum atomic E-state index is -0.229. The second-order valence-electron chi connectivity index (χ2n) is 9.34. The Labute approximate surface area is 232 Å². The first kappa shape index (κ1) is 30.3. The number of fused-ring (bicyclic) bond motifs is 1. The smallest absolute Gasteiger partial charge is 0.289 e. The molecule has 1 saturated carbocycles. The van der Waals surface area contributed by atoms with Gasteiger partial charge in [-0.3, -0.25) is 4.79 Å². The molecule has 2 atom stereocenters. The van der Waals surface area contributed by atoms with Crippen molar-refractivity contribution in [3.8, 4) is 0 Å². The molecule has 7 nitrogen and oxygen atoms in total. The van der Waals surface area contributed by atoms with Crippen LogP contribution in [0.15, 0.2) is 53.5 Å². The zero-order chi connectivity index (χ0) is 24.6. The summed E-state index contributed by atoms with van der Waals surface area (Å²) in [6.45, 7) is 6.80. The summed E-state index contributed by atoms with van der Waals surface area (Å²) in [6, 6.07) is 16.4. The molecule has 1 amide bonds. The Hall–Kier alpha value is -2.90. The molecule has 2 aromatic carbocycles. The van der Waals surface area contributed by atoms with Crippen molar-refractivity contribution >= 4 is 59.0 Å². The molecule has 0 unspecified atom stereocenters. The lowest BCUT2D eigenvalue weighted by Gasteiger charge is -2.34. The maximum Gasteiger partial charge on any atom is 0.289 e. The lowest BCUT2D eigenvalue weighted by Crippen LogP contribution is -2.48. The van der Waals surface area contributed by atoms with Crippen LogP contribution in [0.5, 0.6) is 0 Å². The van der Waals surface area contributed by atoms with Crippen LogP contribution in [0, 0.1) is 6.92 Å². The molecule has 37 heavy (non-hydrogen) atoms. The number of anilines is 1. The van der Waals surface area contributed by atoms with Gasteiger partial charge in [-0.05, 0) is 57.4 Å². The number of para-hydroxylation sites is 1. The summed E-state index contributed by atoms with van der Waals surface area (Å²) in [6.07, 6.45) is 6.34.